The maximum atomic E-state index is 13.4. The summed E-state index contributed by atoms with van der Waals surface area (Å²) in [6, 6.07) is 58.2. The number of benzene rings is 8. The Morgan fingerprint density at radius 2 is 0.883 bits per heavy atom. The number of aliphatic carboxylic acids is 1. The van der Waals surface area contributed by atoms with Crippen LogP contribution in [-0.4, -0.2) is 48.6 Å². The minimum absolute atomic E-state index is 0. The second-order valence-electron chi connectivity index (χ2n) is 26.7. The van der Waals surface area contributed by atoms with Crippen LogP contribution in [0.1, 0.15) is 82.7 Å². The largest absolute Gasteiger partial charge is 1.00 e. The number of nitrogens with zero attached hydrogens (tertiary/aromatic N) is 9. The van der Waals surface area contributed by atoms with E-state index in [-0.39, 0.29) is 114 Å². The van der Waals surface area contributed by atoms with Crippen molar-refractivity contribution in [1.82, 2.24) is 4.57 Å². The summed E-state index contributed by atoms with van der Waals surface area (Å²) in [4.78, 5) is 38.8. The Labute approximate surface area is 810 Å². The molecule has 13 aromatic rings. The van der Waals surface area contributed by atoms with Crippen LogP contribution in [0.2, 0.25) is 10.0 Å². The number of hydrogen-bond acceptors (Lipinski definition) is 17. The maximum absolute atomic E-state index is 13.4. The van der Waals surface area contributed by atoms with Gasteiger partial charge in [-0.2, -0.15) is 18.3 Å². The number of carbonyl (C=O) groups is 1. The minimum atomic E-state index is -0.920. The van der Waals surface area contributed by atoms with E-state index in [1.165, 1.54) is 104 Å². The summed E-state index contributed by atoms with van der Waals surface area (Å²) in [6.07, 6.45) is 25.2. The maximum Gasteiger partial charge on any atom is 0.374 e. The molecule has 0 aliphatic carbocycles. The predicted molar refractivity (Wildman–Crippen MR) is 490 cm³/mol. The highest BCUT2D eigenvalue weighted by atomic mass is 127. The van der Waals surface area contributed by atoms with E-state index < -0.39 is 5.97 Å². The number of carboxylic acids is 1. The molecule has 10 heterocycles. The molecule has 15 nitrogen and oxygen atoms in total. The number of aryl methyl sites for hydroxylation is 4. The molecule has 120 heavy (non-hydrogen) atoms. The number of thiazole rings is 4. The summed E-state index contributed by atoms with van der Waals surface area (Å²) in [5, 5.41) is 19.1. The van der Waals surface area contributed by atoms with Crippen molar-refractivity contribution in [3.8, 4) is 11.5 Å². The van der Waals surface area contributed by atoms with Crippen LogP contribution in [-0.2, 0) is 37.5 Å². The van der Waals surface area contributed by atoms with Gasteiger partial charge in [-0.25, -0.2) is 0 Å². The van der Waals surface area contributed by atoms with Crippen LogP contribution in [0.4, 0.5) is 22.7 Å². The Hall–Kier alpha value is -6.58. The standard InChI is InChI=1S/C27H25N3O3S3.C22H21N2O3S.C21H19Cl2N2S2.C21H21N2S2.4HI/c1-3-28-18-9-5-7-11-20(18)34-23(28)14-13-22-27(33)30(16-15-26(31)32)25(36-22)17-24-29(4-2)19-10-6-8-12-21(19)35-24;1-3-23-15-8-5-6-9-17(15)27-21(23)10-7-11-22-24(4-2)16-12-18-19(26-14-25-18)13-20(16)28-22;1-3-24-16-10-8-14(22)12-18(16)26-20(24)6-5-7-21-25(4-2)17-11-9-15(23)13-19(17)27-21;1-3-22-16-10-5-7-12-18(16)24-20(22)14-9-15-21-23(4-2)17-11-6-8-13-19(17)25-21;;;;/h5-14,17H,3-4,15-16H2,1-2H3;5-13H,3-4,14H2,1-2H3;5-13H,3-4H2,1-2H3;5-15H,3-4H2,1-2H3;4*1H/q;3*+1;;;;/p-3/b22-13-,23-14-;;;;;;;. The Bertz CT molecular complexity index is 6350. The first kappa shape index (κ1) is 94.1. The number of carboxylic acid groups (broad SMARTS) is 1. The van der Waals surface area contributed by atoms with Crippen molar-refractivity contribution in [2.45, 2.75) is 114 Å². The van der Waals surface area contributed by atoms with Crippen molar-refractivity contribution >= 4 is 216 Å². The van der Waals surface area contributed by atoms with Crippen molar-refractivity contribution in [2.24, 2.45) is 0 Å². The van der Waals surface area contributed by atoms with E-state index in [2.05, 4.69) is 245 Å². The number of rotatable bonds is 19. The van der Waals surface area contributed by atoms with Crippen molar-refractivity contribution in [2.75, 3.05) is 52.6 Å². The van der Waals surface area contributed by atoms with E-state index in [1.54, 1.807) is 62.5 Å². The smallest absolute Gasteiger partial charge is 0.374 e. The SMILES string of the molecule is CCN1/C(=C/C=C/c2sc3cc(Cl)ccc3[n+]2CC)Sc2cc(Cl)ccc21.CCN1/C(=C/C=C/c2sc3ccccc3[n+]2CC)Sc2ccccc21.CCN1/C(=C/C=c2\s/c(=C\c3sc4ccccc4[n+]3CC)n(CCC(=O)O)c2=O)Sc2ccccc21.CCN1C(=CC=Cc2oc3ccccc3[n+]2CC)Sc2cc3c(cc21)OCO3.[I-].[I-].[I-].[I-]. The predicted octanol–water partition coefficient (Wildman–Crippen LogP) is 9.66. The Morgan fingerprint density at radius 3 is 1.45 bits per heavy atom. The molecule has 5 aromatic heterocycles. The lowest BCUT2D eigenvalue weighted by atomic mass is 10.2. The lowest BCUT2D eigenvalue weighted by molar-refractivity contribution is -0.674. The van der Waals surface area contributed by atoms with Gasteiger partial charge < -0.3 is 135 Å². The molecule has 622 valence electrons. The van der Waals surface area contributed by atoms with Gasteiger partial charge in [0.2, 0.25) is 28.9 Å². The summed E-state index contributed by atoms with van der Waals surface area (Å²) in [5.41, 5.74) is 10.5. The molecule has 0 spiro atoms. The topological polar surface area (TPSA) is 119 Å². The van der Waals surface area contributed by atoms with Gasteiger partial charge in [-0.3, -0.25) is 14.2 Å². The van der Waals surface area contributed by atoms with Gasteiger partial charge in [0.15, 0.2) is 11.5 Å². The van der Waals surface area contributed by atoms with E-state index >= 15 is 0 Å². The van der Waals surface area contributed by atoms with Gasteiger partial charge in [-0.15, -0.1) is 11.3 Å². The zero-order chi connectivity index (χ0) is 80.5. The van der Waals surface area contributed by atoms with E-state index in [4.69, 9.17) is 37.1 Å². The van der Waals surface area contributed by atoms with Crippen molar-refractivity contribution in [1.29, 1.82) is 0 Å². The van der Waals surface area contributed by atoms with Crippen molar-refractivity contribution in [3.05, 3.63) is 283 Å². The van der Waals surface area contributed by atoms with Gasteiger partial charge in [-0.1, -0.05) is 177 Å². The lowest BCUT2D eigenvalue weighted by Crippen LogP contribution is -3.00. The summed E-state index contributed by atoms with van der Waals surface area (Å²) in [7, 11) is 0. The molecule has 8 aromatic carbocycles. The zero-order valence-electron chi connectivity index (χ0n) is 66.9. The first-order valence-corrected chi connectivity index (χ1v) is 46.1. The average molecular weight is 2240 g/mol. The van der Waals surface area contributed by atoms with Crippen molar-refractivity contribution in [3.63, 3.8) is 0 Å². The van der Waals surface area contributed by atoms with Crippen LogP contribution in [0.5, 0.6) is 11.5 Å². The van der Waals surface area contributed by atoms with Crippen LogP contribution in [0.25, 0.3) is 72.1 Å². The molecular weight excluding hydrogens is 2150 g/mol. The lowest BCUT2D eigenvalue weighted by Gasteiger charge is -2.17. The molecule has 0 radical (unpaired) electrons. The number of anilines is 4. The number of ether oxygens (including phenoxy) is 2. The second-order valence-corrected chi connectivity index (χ2v) is 36.0. The highest BCUT2D eigenvalue weighted by Crippen LogP contribution is 2.52. The van der Waals surface area contributed by atoms with Crippen LogP contribution in [0, 0.1) is 0 Å². The van der Waals surface area contributed by atoms with Gasteiger partial charge in [0.05, 0.1) is 66.0 Å². The number of fused-ring (bicyclic) bond motifs is 9. The first-order valence-electron chi connectivity index (χ1n) is 38.8. The van der Waals surface area contributed by atoms with Gasteiger partial charge in [0.25, 0.3) is 26.1 Å². The molecule has 0 saturated carbocycles. The zero-order valence-corrected chi connectivity index (χ0v) is 83.6. The quantitative estimate of drug-likeness (QED) is 0.0612. The van der Waals surface area contributed by atoms with Crippen LogP contribution in [0.15, 0.2) is 261 Å². The fraction of sp³-hybridized carbons (Fsp3) is 0.209. The molecule has 0 unspecified atom stereocenters. The number of hydrogen-bond donors (Lipinski definition) is 1. The molecule has 0 fully saturated rings. The Kier molecular flexibility index (Phi) is 34.4. The molecule has 0 saturated heterocycles. The summed E-state index contributed by atoms with van der Waals surface area (Å²) in [6.45, 7) is 24.9. The fourth-order valence-electron chi connectivity index (χ4n) is 14.5. The number of allylic oxidation sites excluding steroid dienone is 7. The number of oxazole rings is 1. The van der Waals surface area contributed by atoms with Gasteiger partial charge >= 0.3 is 11.9 Å². The molecule has 0 atom stereocenters. The number of aromatic nitrogens is 5. The van der Waals surface area contributed by atoms with Gasteiger partial charge in [0.1, 0.15) is 44.9 Å². The minimum Gasteiger partial charge on any atom is -1.00 e. The molecule has 18 rings (SSSR count). The molecule has 5 aliphatic heterocycles. The number of thioether (sulfide) groups is 4. The van der Waals surface area contributed by atoms with E-state index in [1.807, 2.05) is 114 Å². The molecule has 0 bridgehead atoms. The first-order chi connectivity index (χ1) is 56.7. The molecular formula is C91H87Cl2I4N9O6S8. The number of halogens is 6. The van der Waals surface area contributed by atoms with E-state index in [0.29, 0.717) is 11.3 Å². The molecule has 1 N–H and O–H groups in total. The number of para-hydroxylation sites is 6. The second kappa shape index (κ2) is 43.8. The van der Waals surface area contributed by atoms with Gasteiger partial charge in [-0.05, 0) is 165 Å². The normalized spacial score (nSPS) is 15.2. The highest BCUT2D eigenvalue weighted by molar-refractivity contribution is 8.04. The Morgan fingerprint density at radius 1 is 0.442 bits per heavy atom. The summed E-state index contributed by atoms with van der Waals surface area (Å²) < 4.78 is 32.9. The summed E-state index contributed by atoms with van der Waals surface area (Å²) in [5.74, 6) is 1.58. The monoisotopic (exact) mass is 2240 g/mol. The summed E-state index contributed by atoms with van der Waals surface area (Å²) >= 11 is 26.1. The third kappa shape index (κ3) is 20.7. The highest BCUT2D eigenvalue weighted by Gasteiger charge is 2.31. The average Bonchev–Trinajstić information content (AvgIpc) is 1.60. The van der Waals surface area contributed by atoms with Gasteiger partial charge in [0, 0.05) is 111 Å². The van der Waals surface area contributed by atoms with E-state index in [0.717, 1.165) is 111 Å². The van der Waals surface area contributed by atoms with Crippen molar-refractivity contribution < 1.29 is 138 Å². The fourth-order valence-corrected chi connectivity index (χ4v) is 24.1. The third-order valence-electron chi connectivity index (χ3n) is 19.9. The van der Waals surface area contributed by atoms with Crippen LogP contribution < -0.4 is 158 Å². The van der Waals surface area contributed by atoms with Crippen LogP contribution in [0.3, 0.4) is 0 Å². The molecule has 29 heteroatoms. The van der Waals surface area contributed by atoms with E-state index in [9.17, 15) is 14.7 Å². The molecule has 0 amide bonds. The third-order valence-corrected chi connectivity index (χ3v) is 29.3. The van der Waals surface area contributed by atoms with Crippen LogP contribution >= 0.6 is 116 Å². The Balaban J connectivity index is 0.000000156. The molecule has 5 aliphatic rings.